The zero-order chi connectivity index (χ0) is 59.6. The largest absolute Gasteiger partial charge is 0.454 e. The van der Waals surface area contributed by atoms with Gasteiger partial charge in [-0.05, 0) is 77.0 Å². The summed E-state index contributed by atoms with van der Waals surface area (Å²) in [6, 6.07) is -1.02. The van der Waals surface area contributed by atoms with Gasteiger partial charge in [-0.3, -0.25) is 9.59 Å². The third-order valence-electron chi connectivity index (χ3n) is 16.8. The van der Waals surface area contributed by atoms with Crippen LogP contribution in [0.3, 0.4) is 0 Å². The maximum absolute atomic E-state index is 13.5. The van der Waals surface area contributed by atoms with E-state index in [0.717, 1.165) is 64.2 Å². The summed E-state index contributed by atoms with van der Waals surface area (Å²) in [4.78, 5) is 26.6. The highest BCUT2D eigenvalue weighted by Gasteiger charge is 2.47. The molecule has 0 aliphatic carbocycles. The fourth-order valence-corrected chi connectivity index (χ4v) is 11.2. The fraction of sp³-hybridized carbons (Fsp3) is 0.887. The summed E-state index contributed by atoms with van der Waals surface area (Å²) in [6.45, 7) is 5.82. The molecule has 1 aliphatic heterocycles. The molecule has 0 aromatic heterocycles. The molecule has 0 bridgehead atoms. The molecule has 0 aromatic carbocycles. The van der Waals surface area contributed by atoms with Crippen molar-refractivity contribution in [2.45, 2.75) is 391 Å². The number of nitrogens with one attached hydrogen (secondary N) is 1. The number of hydrogen-bond donors (Lipinski definition) is 6. The fourth-order valence-electron chi connectivity index (χ4n) is 11.2. The van der Waals surface area contributed by atoms with E-state index in [0.29, 0.717) is 19.3 Å². The molecule has 1 heterocycles. The Bertz CT molecular complexity index is 1470. The summed E-state index contributed by atoms with van der Waals surface area (Å²) in [7, 11) is 0. The SMILES string of the molecule is CCCCCCCC/C=C/CCCCCCCCCCCCCCCCCCC(O)C(=O)NC(COC1OC(CO)C(O)C(O)C1OC(=O)CCCCC/C=C\CCCCCCCCC)C(O)/C=C/CCCCCCCCCCCCC. The van der Waals surface area contributed by atoms with Crippen LogP contribution in [0.4, 0.5) is 0 Å². The lowest BCUT2D eigenvalue weighted by molar-refractivity contribution is -0.305. The number of allylic oxidation sites excluding steroid dienone is 5. The normalized spacial score (nSPS) is 18.8. The van der Waals surface area contributed by atoms with E-state index in [-0.39, 0.29) is 13.0 Å². The molecule has 1 fully saturated rings. The maximum Gasteiger partial charge on any atom is 0.306 e. The Morgan fingerprint density at radius 2 is 0.805 bits per heavy atom. The van der Waals surface area contributed by atoms with Crippen molar-refractivity contribution in [3.05, 3.63) is 36.5 Å². The zero-order valence-electron chi connectivity index (χ0n) is 53.6. The van der Waals surface area contributed by atoms with Gasteiger partial charge in [0.1, 0.15) is 24.4 Å². The summed E-state index contributed by atoms with van der Waals surface area (Å²) in [5, 5.41) is 57.2. The van der Waals surface area contributed by atoms with Gasteiger partial charge in [0.25, 0.3) is 0 Å². The van der Waals surface area contributed by atoms with E-state index >= 15 is 0 Å². The third kappa shape index (κ3) is 46.1. The highest BCUT2D eigenvalue weighted by molar-refractivity contribution is 5.80. The monoisotopic (exact) mass is 1160 g/mol. The van der Waals surface area contributed by atoms with Gasteiger partial charge in [0.05, 0.1) is 25.4 Å². The predicted octanol–water partition coefficient (Wildman–Crippen LogP) is 17.8. The average Bonchev–Trinajstić information content (AvgIpc) is 3.55. The number of ether oxygens (including phenoxy) is 3. The van der Waals surface area contributed by atoms with E-state index in [1.54, 1.807) is 6.08 Å². The van der Waals surface area contributed by atoms with Crippen molar-refractivity contribution >= 4 is 11.9 Å². The van der Waals surface area contributed by atoms with Gasteiger partial charge in [0.15, 0.2) is 12.4 Å². The molecular weight excluding hydrogens is 1030 g/mol. The molecule has 1 saturated heterocycles. The lowest BCUT2D eigenvalue weighted by Gasteiger charge is -2.41. The minimum atomic E-state index is -1.62. The highest BCUT2D eigenvalue weighted by atomic mass is 16.7. The van der Waals surface area contributed by atoms with Crippen molar-refractivity contribution in [3.8, 4) is 0 Å². The molecular formula is C71H133NO10. The van der Waals surface area contributed by atoms with E-state index in [2.05, 4.69) is 50.4 Å². The molecule has 0 spiro atoms. The molecule has 8 atom stereocenters. The summed E-state index contributed by atoms with van der Waals surface area (Å²) < 4.78 is 17.6. The van der Waals surface area contributed by atoms with E-state index in [1.165, 1.54) is 231 Å². The van der Waals surface area contributed by atoms with Gasteiger partial charge in [-0.1, -0.05) is 295 Å². The van der Waals surface area contributed by atoms with Crippen LogP contribution < -0.4 is 5.32 Å². The van der Waals surface area contributed by atoms with Crippen LogP contribution in [0.2, 0.25) is 0 Å². The Balaban J connectivity index is 2.56. The second kappa shape index (κ2) is 59.2. The van der Waals surface area contributed by atoms with Crippen LogP contribution in [0, 0.1) is 0 Å². The number of carbonyl (C=O) groups excluding carboxylic acids is 2. The summed E-state index contributed by atoms with van der Waals surface area (Å²) in [5.41, 5.74) is 0. The lowest BCUT2D eigenvalue weighted by Crippen LogP contribution is -2.61. The van der Waals surface area contributed by atoms with Crippen LogP contribution in [0.25, 0.3) is 0 Å². The topological polar surface area (TPSA) is 175 Å². The van der Waals surface area contributed by atoms with Crippen LogP contribution in [0.1, 0.15) is 342 Å². The van der Waals surface area contributed by atoms with E-state index in [9.17, 15) is 35.1 Å². The van der Waals surface area contributed by atoms with Crippen molar-refractivity contribution in [2.75, 3.05) is 13.2 Å². The van der Waals surface area contributed by atoms with Crippen molar-refractivity contribution in [1.82, 2.24) is 5.32 Å². The summed E-state index contributed by atoms with van der Waals surface area (Å²) >= 11 is 0. The molecule has 482 valence electrons. The third-order valence-corrected chi connectivity index (χ3v) is 16.8. The second-order valence-electron chi connectivity index (χ2n) is 24.6. The van der Waals surface area contributed by atoms with E-state index in [1.807, 2.05) is 6.08 Å². The zero-order valence-corrected chi connectivity index (χ0v) is 53.6. The van der Waals surface area contributed by atoms with Crippen molar-refractivity contribution < 1.29 is 49.3 Å². The Morgan fingerprint density at radius 1 is 0.463 bits per heavy atom. The lowest BCUT2D eigenvalue weighted by atomic mass is 9.99. The Morgan fingerprint density at radius 3 is 1.18 bits per heavy atom. The van der Waals surface area contributed by atoms with Crippen molar-refractivity contribution in [3.63, 3.8) is 0 Å². The molecule has 0 radical (unpaired) electrons. The van der Waals surface area contributed by atoms with Crippen LogP contribution in [-0.4, -0.2) is 99.6 Å². The summed E-state index contributed by atoms with van der Waals surface area (Å²) in [5.74, 6) is -1.20. The molecule has 82 heavy (non-hydrogen) atoms. The number of aliphatic hydroxyl groups is 5. The van der Waals surface area contributed by atoms with Gasteiger partial charge in [-0.25, -0.2) is 0 Å². The Kier molecular flexibility index (Phi) is 56.3. The molecule has 11 heteroatoms. The molecule has 1 rings (SSSR count). The Hall–Kier alpha value is -2.12. The smallest absolute Gasteiger partial charge is 0.306 e. The molecule has 0 saturated carbocycles. The number of aliphatic hydroxyl groups excluding tert-OH is 5. The van der Waals surface area contributed by atoms with E-state index < -0.39 is 67.4 Å². The van der Waals surface area contributed by atoms with Gasteiger partial charge in [-0.2, -0.15) is 0 Å². The first-order valence-electron chi connectivity index (χ1n) is 35.3. The van der Waals surface area contributed by atoms with Gasteiger partial charge in [-0.15, -0.1) is 0 Å². The number of esters is 1. The Labute approximate surface area is 504 Å². The number of unbranched alkanes of at least 4 members (excludes halogenated alkanes) is 43. The number of carbonyl (C=O) groups is 2. The van der Waals surface area contributed by atoms with Crippen molar-refractivity contribution in [2.24, 2.45) is 0 Å². The molecule has 8 unspecified atom stereocenters. The quantitative estimate of drug-likeness (QED) is 0.0195. The maximum atomic E-state index is 13.5. The van der Waals surface area contributed by atoms with E-state index in [4.69, 9.17) is 14.2 Å². The first kappa shape index (κ1) is 77.9. The number of amides is 1. The van der Waals surface area contributed by atoms with Crippen LogP contribution >= 0.6 is 0 Å². The molecule has 0 aromatic rings. The first-order valence-corrected chi connectivity index (χ1v) is 35.3. The van der Waals surface area contributed by atoms with Gasteiger partial charge in [0.2, 0.25) is 5.91 Å². The highest BCUT2D eigenvalue weighted by Crippen LogP contribution is 2.26. The summed E-state index contributed by atoms with van der Waals surface area (Å²) in [6.07, 6.45) is 62.0. The number of rotatable bonds is 61. The molecule has 1 aliphatic rings. The van der Waals surface area contributed by atoms with Gasteiger partial charge >= 0.3 is 5.97 Å². The minimum Gasteiger partial charge on any atom is -0.454 e. The van der Waals surface area contributed by atoms with Crippen LogP contribution in [-0.2, 0) is 23.8 Å². The van der Waals surface area contributed by atoms with Gasteiger partial charge < -0.3 is 45.1 Å². The predicted molar refractivity (Wildman–Crippen MR) is 343 cm³/mol. The van der Waals surface area contributed by atoms with Crippen LogP contribution in [0.15, 0.2) is 36.5 Å². The standard InChI is InChI=1S/C71H133NO10/c1-4-7-10-13-16-19-22-25-27-28-29-30-31-32-33-34-35-36-37-38-40-43-46-49-52-55-58-64(75)70(79)72-62(63(74)57-54-51-48-45-42-39-24-21-18-15-12-9-6-3)61-80-71-69(68(78)67(77)65(60-73)81-71)82-66(76)59-56-53-50-47-44-41-26-23-20-17-14-11-8-5-2/h25,27,41,44,54,57,62-65,67-69,71,73-75,77-78H,4-24,26,28-40,42-43,45-53,55-56,58-61H2,1-3H3,(H,72,79)/b27-25+,44-41-,57-54+. The molecule has 1 amide bonds. The molecule has 11 nitrogen and oxygen atoms in total. The average molecular weight is 1160 g/mol. The molecule has 6 N–H and O–H groups in total. The number of hydrogen-bond acceptors (Lipinski definition) is 10. The van der Waals surface area contributed by atoms with Gasteiger partial charge in [0, 0.05) is 6.42 Å². The second-order valence-corrected chi connectivity index (χ2v) is 24.6. The van der Waals surface area contributed by atoms with Crippen LogP contribution in [0.5, 0.6) is 0 Å². The van der Waals surface area contributed by atoms with Crippen molar-refractivity contribution in [1.29, 1.82) is 0 Å². The first-order chi connectivity index (χ1) is 40.2. The minimum absolute atomic E-state index is 0.106.